The van der Waals surface area contributed by atoms with Crippen LogP contribution in [-0.4, -0.2) is 18.1 Å². The van der Waals surface area contributed by atoms with E-state index in [0.29, 0.717) is 5.88 Å². The van der Waals surface area contributed by atoms with Crippen LogP contribution in [0.15, 0.2) is 53.3 Å². The third-order valence-electron chi connectivity index (χ3n) is 5.86. The Balaban J connectivity index is 1.47. The molecule has 0 spiro atoms. The average Bonchev–Trinajstić information content (AvgIpc) is 3.18. The van der Waals surface area contributed by atoms with Gasteiger partial charge in [0.2, 0.25) is 0 Å². The highest BCUT2D eigenvalue weighted by Crippen LogP contribution is 2.29. The first kappa shape index (κ1) is 19.5. The molecule has 4 N–H and O–H groups in total. The third-order valence-corrected chi connectivity index (χ3v) is 5.86. The van der Waals surface area contributed by atoms with Gasteiger partial charge >= 0.3 is 0 Å². The second-order valence-corrected chi connectivity index (χ2v) is 8.11. The lowest BCUT2D eigenvalue weighted by Gasteiger charge is -2.22. The van der Waals surface area contributed by atoms with Gasteiger partial charge in [-0.25, -0.2) is 0 Å². The van der Waals surface area contributed by atoms with Crippen LogP contribution in [0.4, 0.5) is 11.6 Å². The summed E-state index contributed by atoms with van der Waals surface area (Å²) in [6.45, 7) is 6.48. The Bertz CT molecular complexity index is 942. The summed E-state index contributed by atoms with van der Waals surface area (Å²) in [7, 11) is 0. The first-order valence-corrected chi connectivity index (χ1v) is 10.5. The first-order chi connectivity index (χ1) is 14.1. The van der Waals surface area contributed by atoms with Crippen molar-refractivity contribution in [1.82, 2.24) is 10.3 Å². The van der Waals surface area contributed by atoms with E-state index in [2.05, 4.69) is 54.8 Å². The van der Waals surface area contributed by atoms with E-state index in [1.54, 1.807) is 6.26 Å². The fourth-order valence-electron chi connectivity index (χ4n) is 3.97. The highest BCUT2D eigenvalue weighted by Gasteiger charge is 2.14. The van der Waals surface area contributed by atoms with Crippen LogP contribution >= 0.6 is 0 Å². The standard InChI is InChI=1S/C24H30N4O/c1-16-3-4-19(12-23(16)28-17(2)21-13-24(25)29-15-21)20-5-6-22(27-14-20)11-18-7-9-26-10-8-18/h3-6,12-15,17-18,26,28H,7-11,25H2,1-2H3. The van der Waals surface area contributed by atoms with E-state index in [1.807, 2.05) is 12.3 Å². The fraction of sp³-hybridized carbons (Fsp3) is 0.375. The predicted molar refractivity (Wildman–Crippen MR) is 119 cm³/mol. The van der Waals surface area contributed by atoms with E-state index in [-0.39, 0.29) is 6.04 Å². The second kappa shape index (κ2) is 8.70. The number of hydrogen-bond acceptors (Lipinski definition) is 5. The molecule has 152 valence electrons. The van der Waals surface area contributed by atoms with Crippen molar-refractivity contribution in [2.45, 2.75) is 39.2 Å². The molecule has 3 aromatic rings. The molecule has 0 radical (unpaired) electrons. The fourth-order valence-corrected chi connectivity index (χ4v) is 3.97. The quantitative estimate of drug-likeness (QED) is 0.555. The van der Waals surface area contributed by atoms with Crippen LogP contribution in [0, 0.1) is 12.8 Å². The van der Waals surface area contributed by atoms with Gasteiger partial charge in [-0.3, -0.25) is 4.98 Å². The zero-order valence-electron chi connectivity index (χ0n) is 17.2. The van der Waals surface area contributed by atoms with Crippen LogP contribution in [0.1, 0.15) is 42.6 Å². The van der Waals surface area contributed by atoms with Crippen LogP contribution < -0.4 is 16.4 Å². The zero-order chi connectivity index (χ0) is 20.2. The molecule has 0 bridgehead atoms. The monoisotopic (exact) mass is 390 g/mol. The van der Waals surface area contributed by atoms with Gasteiger partial charge in [0.15, 0.2) is 5.88 Å². The average molecular weight is 391 g/mol. The van der Waals surface area contributed by atoms with Crippen LogP contribution in [0.5, 0.6) is 0 Å². The number of benzene rings is 1. The van der Waals surface area contributed by atoms with E-state index in [9.17, 15) is 0 Å². The number of nitrogens with one attached hydrogen (secondary N) is 2. The molecule has 1 aliphatic heterocycles. The maximum Gasteiger partial charge on any atom is 0.190 e. The maximum atomic E-state index is 5.71. The first-order valence-electron chi connectivity index (χ1n) is 10.5. The smallest absolute Gasteiger partial charge is 0.190 e. The van der Waals surface area contributed by atoms with Gasteiger partial charge in [0.1, 0.15) is 0 Å². The van der Waals surface area contributed by atoms with Crippen molar-refractivity contribution >= 4 is 11.6 Å². The SMILES string of the molecule is Cc1ccc(-c2ccc(CC3CCNCC3)nc2)cc1NC(C)c1coc(N)c1. The molecule has 29 heavy (non-hydrogen) atoms. The summed E-state index contributed by atoms with van der Waals surface area (Å²) < 4.78 is 5.24. The highest BCUT2D eigenvalue weighted by molar-refractivity contribution is 5.69. The van der Waals surface area contributed by atoms with E-state index >= 15 is 0 Å². The number of rotatable bonds is 6. The minimum Gasteiger partial charge on any atom is -0.449 e. The molecular formula is C24H30N4O. The molecule has 0 saturated carbocycles. The number of furan rings is 1. The number of aromatic nitrogens is 1. The van der Waals surface area contributed by atoms with Gasteiger partial charge in [-0.05, 0) is 75.4 Å². The molecule has 1 atom stereocenters. The maximum absolute atomic E-state index is 5.71. The Kier molecular flexibility index (Phi) is 5.86. The normalized spacial score (nSPS) is 15.9. The van der Waals surface area contributed by atoms with Gasteiger partial charge in [0.25, 0.3) is 0 Å². The van der Waals surface area contributed by atoms with Crippen LogP contribution in [0.3, 0.4) is 0 Å². The number of nitrogens with zero attached hydrogens (tertiary/aromatic N) is 1. The summed E-state index contributed by atoms with van der Waals surface area (Å²) in [5.74, 6) is 1.19. The third kappa shape index (κ3) is 4.80. The number of pyridine rings is 1. The lowest BCUT2D eigenvalue weighted by Crippen LogP contribution is -2.28. The molecule has 5 heteroatoms. The van der Waals surface area contributed by atoms with E-state index in [1.165, 1.54) is 24.1 Å². The Morgan fingerprint density at radius 1 is 1.17 bits per heavy atom. The van der Waals surface area contributed by atoms with Crippen molar-refractivity contribution in [2.75, 3.05) is 24.1 Å². The molecule has 5 nitrogen and oxygen atoms in total. The molecular weight excluding hydrogens is 360 g/mol. The highest BCUT2D eigenvalue weighted by atomic mass is 16.3. The van der Waals surface area contributed by atoms with Gasteiger partial charge in [-0.1, -0.05) is 18.2 Å². The second-order valence-electron chi connectivity index (χ2n) is 8.11. The number of hydrogen-bond donors (Lipinski definition) is 3. The van der Waals surface area contributed by atoms with Crippen LogP contribution in [0.25, 0.3) is 11.1 Å². The Hall–Kier alpha value is -2.79. The van der Waals surface area contributed by atoms with Gasteiger partial charge in [-0.2, -0.15) is 0 Å². The number of nitrogens with two attached hydrogens (primary N) is 1. The lowest BCUT2D eigenvalue weighted by molar-refractivity contribution is 0.370. The molecule has 0 amide bonds. The molecule has 1 aromatic carbocycles. The summed E-state index contributed by atoms with van der Waals surface area (Å²) >= 11 is 0. The van der Waals surface area contributed by atoms with Crippen molar-refractivity contribution in [3.8, 4) is 11.1 Å². The Morgan fingerprint density at radius 2 is 1.97 bits per heavy atom. The van der Waals surface area contributed by atoms with Gasteiger partial charge in [0, 0.05) is 34.8 Å². The summed E-state index contributed by atoms with van der Waals surface area (Å²) in [6.07, 6.45) is 7.28. The molecule has 3 heterocycles. The van der Waals surface area contributed by atoms with E-state index in [4.69, 9.17) is 15.1 Å². The number of nitrogen functional groups attached to an aromatic ring is 1. The molecule has 1 fully saturated rings. The molecule has 1 saturated heterocycles. The van der Waals surface area contributed by atoms with Crippen molar-refractivity contribution in [1.29, 1.82) is 0 Å². The van der Waals surface area contributed by atoms with Crippen molar-refractivity contribution in [2.24, 2.45) is 5.92 Å². The molecule has 1 unspecified atom stereocenters. The Labute approximate surface area is 172 Å². The largest absolute Gasteiger partial charge is 0.449 e. The summed E-state index contributed by atoms with van der Waals surface area (Å²) in [5.41, 5.74) is 12.5. The minimum atomic E-state index is 0.107. The van der Waals surface area contributed by atoms with E-state index < -0.39 is 0 Å². The van der Waals surface area contributed by atoms with Gasteiger partial charge in [-0.15, -0.1) is 0 Å². The van der Waals surface area contributed by atoms with Gasteiger partial charge < -0.3 is 20.8 Å². The topological polar surface area (TPSA) is 76.1 Å². The van der Waals surface area contributed by atoms with Crippen molar-refractivity contribution in [3.05, 3.63) is 65.7 Å². The summed E-state index contributed by atoms with van der Waals surface area (Å²) in [5, 5.41) is 7.00. The molecule has 0 aliphatic carbocycles. The van der Waals surface area contributed by atoms with Crippen molar-refractivity contribution < 1.29 is 4.42 Å². The summed E-state index contributed by atoms with van der Waals surface area (Å²) in [4.78, 5) is 4.75. The number of piperidine rings is 1. The minimum absolute atomic E-state index is 0.107. The number of aryl methyl sites for hydroxylation is 1. The lowest BCUT2D eigenvalue weighted by atomic mass is 9.93. The van der Waals surface area contributed by atoms with Crippen LogP contribution in [-0.2, 0) is 6.42 Å². The molecule has 4 rings (SSSR count). The Morgan fingerprint density at radius 3 is 2.66 bits per heavy atom. The predicted octanol–water partition coefficient (Wildman–Crippen LogP) is 4.95. The molecule has 2 aromatic heterocycles. The number of anilines is 2. The van der Waals surface area contributed by atoms with Gasteiger partial charge in [0.05, 0.1) is 12.3 Å². The van der Waals surface area contributed by atoms with Crippen LogP contribution in [0.2, 0.25) is 0 Å². The summed E-state index contributed by atoms with van der Waals surface area (Å²) in [6, 6.07) is 12.8. The van der Waals surface area contributed by atoms with Crippen molar-refractivity contribution in [3.63, 3.8) is 0 Å². The van der Waals surface area contributed by atoms with E-state index in [0.717, 1.165) is 47.8 Å². The zero-order valence-corrected chi connectivity index (χ0v) is 17.2. The molecule has 1 aliphatic rings.